The molecule has 0 fully saturated rings. The molecule has 10 heteroatoms. The predicted molar refractivity (Wildman–Crippen MR) is 156 cm³/mol. The van der Waals surface area contributed by atoms with Crippen molar-refractivity contribution in [2.45, 2.75) is 32.2 Å². The van der Waals surface area contributed by atoms with E-state index in [1.165, 1.54) is 0 Å². The van der Waals surface area contributed by atoms with Gasteiger partial charge in [0.2, 0.25) is 5.91 Å². The van der Waals surface area contributed by atoms with E-state index in [9.17, 15) is 9.90 Å². The van der Waals surface area contributed by atoms with E-state index in [0.717, 1.165) is 55.4 Å². The zero-order valence-electron chi connectivity index (χ0n) is 18.8. The molecule has 1 amide bonds. The van der Waals surface area contributed by atoms with E-state index in [2.05, 4.69) is 59.6 Å². The summed E-state index contributed by atoms with van der Waals surface area (Å²) in [4.78, 5) is 11.8. The highest BCUT2D eigenvalue weighted by Crippen LogP contribution is 2.30. The van der Waals surface area contributed by atoms with Gasteiger partial charge in [0.1, 0.15) is 5.75 Å². The van der Waals surface area contributed by atoms with Crippen molar-refractivity contribution in [3.63, 3.8) is 0 Å². The first-order valence-corrected chi connectivity index (χ1v) is 13.8. The van der Waals surface area contributed by atoms with E-state index < -0.39 is 0 Å². The summed E-state index contributed by atoms with van der Waals surface area (Å²) >= 11 is 17.0. The highest BCUT2D eigenvalue weighted by atomic mass is 127. The predicted octanol–water partition coefficient (Wildman–Crippen LogP) is 5.49. The lowest BCUT2D eigenvalue weighted by molar-refractivity contribution is -0.647. The Balaban J connectivity index is 1.86. The molecule has 0 bridgehead atoms. The number of phenols is 1. The van der Waals surface area contributed by atoms with Crippen molar-refractivity contribution in [2.24, 2.45) is 12.8 Å². The van der Waals surface area contributed by atoms with Gasteiger partial charge in [-0.25, -0.2) is 9.13 Å². The van der Waals surface area contributed by atoms with Crippen molar-refractivity contribution in [3.05, 3.63) is 52.8 Å². The van der Waals surface area contributed by atoms with Crippen molar-refractivity contribution in [2.75, 3.05) is 13.1 Å². The minimum absolute atomic E-state index is 0.0419. The van der Waals surface area contributed by atoms with Gasteiger partial charge in [-0.15, -0.1) is 0 Å². The van der Waals surface area contributed by atoms with E-state index in [1.807, 2.05) is 43.5 Å². The number of nitrogens with zero attached hydrogens (tertiary/aromatic N) is 2. The summed E-state index contributed by atoms with van der Waals surface area (Å²) in [5, 5.41) is 14.3. The van der Waals surface area contributed by atoms with Crippen LogP contribution in [0.2, 0.25) is 10.0 Å². The van der Waals surface area contributed by atoms with Gasteiger partial charge in [-0.2, -0.15) is 0 Å². The Morgan fingerprint density at radius 3 is 2.62 bits per heavy atom. The van der Waals surface area contributed by atoms with Gasteiger partial charge < -0.3 is 16.2 Å². The van der Waals surface area contributed by atoms with Crippen LogP contribution in [-0.2, 0) is 18.4 Å². The van der Waals surface area contributed by atoms with E-state index in [1.54, 1.807) is 0 Å². The summed E-state index contributed by atoms with van der Waals surface area (Å²) in [5.74, 6) is 1.27. The molecule has 3 aromatic rings. The molecule has 4 N–H and O–H groups in total. The summed E-state index contributed by atoms with van der Waals surface area (Å²) in [7, 11) is 1.99. The number of halogens is 4. The molecule has 0 saturated heterocycles. The monoisotopic (exact) mass is 727 g/mol. The Morgan fingerprint density at radius 2 is 1.88 bits per heavy atom. The van der Waals surface area contributed by atoms with Crippen LogP contribution >= 0.6 is 68.4 Å². The topological polar surface area (TPSA) is 84.2 Å². The largest absolute Gasteiger partial charge is 0.506 e. The number of nitrogens with two attached hydrogens (primary N) is 1. The molecular formula is C24H27Cl2I2N4O2+. The molecule has 0 aliphatic carbocycles. The lowest BCUT2D eigenvalue weighted by atomic mass is 10.1. The molecule has 0 aliphatic rings. The fraction of sp³-hybridized carbons (Fsp3) is 0.333. The number of imidazole rings is 1. The highest BCUT2D eigenvalue weighted by molar-refractivity contribution is 14.1. The highest BCUT2D eigenvalue weighted by Gasteiger charge is 2.22. The Labute approximate surface area is 236 Å². The van der Waals surface area contributed by atoms with Crippen molar-refractivity contribution in [3.8, 4) is 5.75 Å². The molecule has 34 heavy (non-hydrogen) atoms. The average Bonchev–Trinajstić information content (AvgIpc) is 3.04. The fourth-order valence-corrected chi connectivity index (χ4v) is 5.99. The smallest absolute Gasteiger partial charge is 0.282 e. The van der Waals surface area contributed by atoms with Crippen molar-refractivity contribution >= 4 is 97.5 Å². The molecule has 0 unspecified atom stereocenters. The normalized spacial score (nSPS) is 11.6. The Hall–Kier alpha value is -1.08. The number of hydrogen-bond donors (Lipinski definition) is 3. The van der Waals surface area contributed by atoms with Gasteiger partial charge >= 0.3 is 0 Å². The maximum atomic E-state index is 11.8. The second kappa shape index (κ2) is 12.8. The van der Waals surface area contributed by atoms with Crippen LogP contribution in [0.25, 0.3) is 23.2 Å². The van der Waals surface area contributed by atoms with Crippen LogP contribution in [0.3, 0.4) is 0 Å². The third-order valence-electron chi connectivity index (χ3n) is 5.51. The number of fused-ring (bicyclic) bond motifs is 1. The third-order valence-corrected chi connectivity index (χ3v) is 7.68. The molecule has 1 aromatic heterocycles. The van der Waals surface area contributed by atoms with Gasteiger partial charge in [0, 0.05) is 46.9 Å². The molecule has 0 radical (unpaired) electrons. The quantitative estimate of drug-likeness (QED) is 0.147. The molecule has 6 nitrogen and oxygen atoms in total. The number of unbranched alkanes of at least 4 members (excludes halogenated alkanes) is 2. The minimum Gasteiger partial charge on any atom is -0.506 e. The molecule has 0 spiro atoms. The SMILES string of the molecule is C[n+]1c(/C=C/c2cc(I)cc(I)c2O)n(CCCCCC(=O)NCCN)c2cc(Cl)c(Cl)cc21. The summed E-state index contributed by atoms with van der Waals surface area (Å²) in [6, 6.07) is 7.65. The first-order chi connectivity index (χ1) is 16.2. The minimum atomic E-state index is 0.0419. The van der Waals surface area contributed by atoms with E-state index in [0.29, 0.717) is 29.6 Å². The lowest BCUT2D eigenvalue weighted by Crippen LogP contribution is -2.31. The Kier molecular flexibility index (Phi) is 10.3. The van der Waals surface area contributed by atoms with E-state index >= 15 is 0 Å². The number of carbonyl (C=O) groups excluding carboxylic acids is 1. The first-order valence-electron chi connectivity index (χ1n) is 10.9. The number of carbonyl (C=O) groups is 1. The summed E-state index contributed by atoms with van der Waals surface area (Å²) in [5.41, 5.74) is 8.14. The number of aromatic nitrogens is 2. The standard InChI is InChI=1S/C24H26Cl2I2N4O2/c1-31-20-13-17(25)18(26)14-21(20)32(10-4-2-3-5-22(33)30-9-8-29)23(31)7-6-15-11-16(27)12-19(28)24(15)34/h6-7,11-14H,2-5,8-10,29H2,1H3,(H,30,33)/p+1. The summed E-state index contributed by atoms with van der Waals surface area (Å²) < 4.78 is 6.14. The molecule has 0 saturated carbocycles. The number of rotatable bonds is 10. The van der Waals surface area contributed by atoms with Gasteiger partial charge in [-0.05, 0) is 82.7 Å². The van der Waals surface area contributed by atoms with E-state index in [-0.39, 0.29) is 11.7 Å². The summed E-state index contributed by atoms with van der Waals surface area (Å²) in [6.07, 6.45) is 7.06. The number of aromatic hydroxyl groups is 1. The van der Waals surface area contributed by atoms with Gasteiger partial charge in [-0.1, -0.05) is 23.2 Å². The van der Waals surface area contributed by atoms with Crippen LogP contribution in [0.15, 0.2) is 24.3 Å². The number of hydrogen-bond acceptors (Lipinski definition) is 3. The molecule has 2 aromatic carbocycles. The van der Waals surface area contributed by atoms with Crippen LogP contribution in [0.5, 0.6) is 5.75 Å². The fourth-order valence-electron chi connectivity index (χ4n) is 3.78. The van der Waals surface area contributed by atoms with E-state index in [4.69, 9.17) is 28.9 Å². The van der Waals surface area contributed by atoms with Gasteiger partial charge in [-0.3, -0.25) is 4.79 Å². The molecule has 0 atom stereocenters. The number of nitrogens with one attached hydrogen (secondary N) is 1. The number of aryl methyl sites for hydroxylation is 2. The molecule has 1 heterocycles. The number of amides is 1. The van der Waals surface area contributed by atoms with Crippen molar-refractivity contribution < 1.29 is 14.5 Å². The molecule has 3 rings (SSSR count). The maximum Gasteiger partial charge on any atom is 0.282 e. The maximum absolute atomic E-state index is 11.8. The van der Waals surface area contributed by atoms with Crippen LogP contribution in [-0.4, -0.2) is 28.7 Å². The second-order valence-corrected chi connectivity index (χ2v) is 11.2. The Bertz CT molecular complexity index is 1230. The molecule has 182 valence electrons. The van der Waals surface area contributed by atoms with Gasteiger partial charge in [0.15, 0.2) is 11.0 Å². The van der Waals surface area contributed by atoms with Crippen LogP contribution in [0.1, 0.15) is 37.1 Å². The lowest BCUT2D eigenvalue weighted by Gasteiger charge is -2.05. The first kappa shape index (κ1) is 27.5. The van der Waals surface area contributed by atoms with Crippen molar-refractivity contribution in [1.82, 2.24) is 9.88 Å². The zero-order chi connectivity index (χ0) is 24.8. The average molecular weight is 728 g/mol. The van der Waals surface area contributed by atoms with Crippen LogP contribution in [0.4, 0.5) is 0 Å². The zero-order valence-corrected chi connectivity index (χ0v) is 24.6. The number of phenolic OH excluding ortho intramolecular Hbond substituents is 1. The van der Waals surface area contributed by atoms with Crippen LogP contribution in [0, 0.1) is 7.14 Å². The summed E-state index contributed by atoms with van der Waals surface area (Å²) in [6.45, 7) is 1.72. The third kappa shape index (κ3) is 6.77. The van der Waals surface area contributed by atoms with Gasteiger partial charge in [0.05, 0.1) is 27.2 Å². The van der Waals surface area contributed by atoms with Gasteiger partial charge in [0.25, 0.3) is 5.82 Å². The molecule has 0 aliphatic heterocycles. The Morgan fingerprint density at radius 1 is 1.15 bits per heavy atom. The van der Waals surface area contributed by atoms with Crippen molar-refractivity contribution in [1.29, 1.82) is 0 Å². The van der Waals surface area contributed by atoms with Crippen LogP contribution < -0.4 is 15.6 Å². The number of benzene rings is 2. The second-order valence-electron chi connectivity index (χ2n) is 7.93. The molecular weight excluding hydrogens is 701 g/mol.